The summed E-state index contributed by atoms with van der Waals surface area (Å²) in [6, 6.07) is 7.08. The Bertz CT molecular complexity index is 364. The molecule has 0 fully saturated rings. The summed E-state index contributed by atoms with van der Waals surface area (Å²) in [5.41, 5.74) is 11.0. The van der Waals surface area contributed by atoms with Crippen molar-refractivity contribution in [3.8, 4) is 0 Å². The monoisotopic (exact) mass is 208 g/mol. The predicted molar refractivity (Wildman–Crippen MR) is 54.0 cm³/mol. The second-order valence-electron chi connectivity index (χ2n) is 3.15. The normalized spacial score (nSPS) is 14.2. The lowest BCUT2D eigenvalue weighted by molar-refractivity contribution is -0.141. The van der Waals surface area contributed by atoms with Crippen LogP contribution in [0.2, 0.25) is 0 Å². The number of aliphatic carboxylic acids is 1. The Morgan fingerprint density at radius 3 is 2.13 bits per heavy atom. The van der Waals surface area contributed by atoms with E-state index in [1.54, 1.807) is 30.3 Å². The first-order valence-electron chi connectivity index (χ1n) is 4.36. The van der Waals surface area contributed by atoms with Crippen LogP contribution in [0.5, 0.6) is 0 Å². The molecule has 0 saturated carbocycles. The molecule has 0 aromatic heterocycles. The third-order valence-corrected chi connectivity index (χ3v) is 2.11. The van der Waals surface area contributed by atoms with Crippen molar-refractivity contribution in [2.24, 2.45) is 11.5 Å². The first kappa shape index (κ1) is 11.2. The van der Waals surface area contributed by atoms with Crippen molar-refractivity contribution in [1.29, 1.82) is 0 Å². The van der Waals surface area contributed by atoms with Gasteiger partial charge in [0.15, 0.2) is 0 Å². The van der Waals surface area contributed by atoms with Gasteiger partial charge in [0.05, 0.1) is 5.92 Å². The van der Waals surface area contributed by atoms with Gasteiger partial charge in [-0.25, -0.2) is 0 Å². The molecule has 15 heavy (non-hydrogen) atoms. The first-order valence-corrected chi connectivity index (χ1v) is 4.36. The summed E-state index contributed by atoms with van der Waals surface area (Å²) in [4.78, 5) is 21.8. The highest BCUT2D eigenvalue weighted by Crippen LogP contribution is 2.18. The number of carbonyl (C=O) groups excluding carboxylic acids is 1. The van der Waals surface area contributed by atoms with E-state index in [9.17, 15) is 9.59 Å². The topological polar surface area (TPSA) is 106 Å². The smallest absolute Gasteiger partial charge is 0.321 e. The molecule has 0 saturated heterocycles. The summed E-state index contributed by atoms with van der Waals surface area (Å²) in [5, 5.41) is 8.73. The van der Waals surface area contributed by atoms with E-state index in [4.69, 9.17) is 16.6 Å². The van der Waals surface area contributed by atoms with Gasteiger partial charge in [-0.3, -0.25) is 9.59 Å². The molecule has 0 radical (unpaired) electrons. The van der Waals surface area contributed by atoms with Gasteiger partial charge in [-0.15, -0.1) is 0 Å². The molecular formula is C10H12N2O3. The molecule has 2 atom stereocenters. The Morgan fingerprint density at radius 2 is 1.73 bits per heavy atom. The molecule has 1 amide bonds. The van der Waals surface area contributed by atoms with Gasteiger partial charge < -0.3 is 16.6 Å². The van der Waals surface area contributed by atoms with Crippen molar-refractivity contribution in [2.75, 3.05) is 0 Å². The molecular weight excluding hydrogens is 196 g/mol. The van der Waals surface area contributed by atoms with Crippen LogP contribution in [0.15, 0.2) is 30.3 Å². The molecule has 1 aromatic rings. The molecule has 80 valence electrons. The zero-order valence-corrected chi connectivity index (χ0v) is 7.96. The van der Waals surface area contributed by atoms with E-state index in [0.29, 0.717) is 5.56 Å². The standard InChI is InChI=1S/C10H12N2O3/c11-8(10(14)15)7(9(12)13)6-4-2-1-3-5-6/h1-5,7-8H,11H2,(H2,12,13)(H,14,15)/t7?,8-/m0/s1. The second kappa shape index (κ2) is 4.56. The molecule has 0 spiro atoms. The molecule has 5 heteroatoms. The van der Waals surface area contributed by atoms with Crippen molar-refractivity contribution < 1.29 is 14.7 Å². The Hall–Kier alpha value is -1.88. The van der Waals surface area contributed by atoms with E-state index < -0.39 is 23.8 Å². The number of primary amides is 1. The van der Waals surface area contributed by atoms with Crippen LogP contribution in [0.4, 0.5) is 0 Å². The summed E-state index contributed by atoms with van der Waals surface area (Å²) in [7, 11) is 0. The maximum Gasteiger partial charge on any atom is 0.321 e. The van der Waals surface area contributed by atoms with E-state index >= 15 is 0 Å². The highest BCUT2D eigenvalue weighted by Gasteiger charge is 2.30. The van der Waals surface area contributed by atoms with Crippen molar-refractivity contribution >= 4 is 11.9 Å². The fourth-order valence-corrected chi connectivity index (χ4v) is 1.35. The van der Waals surface area contributed by atoms with E-state index in [1.807, 2.05) is 0 Å². The number of benzene rings is 1. The van der Waals surface area contributed by atoms with Crippen LogP contribution < -0.4 is 11.5 Å². The number of hydrogen-bond acceptors (Lipinski definition) is 3. The second-order valence-corrected chi connectivity index (χ2v) is 3.15. The maximum absolute atomic E-state index is 11.1. The lowest BCUT2D eigenvalue weighted by atomic mass is 9.91. The van der Waals surface area contributed by atoms with Gasteiger partial charge in [-0.2, -0.15) is 0 Å². The van der Waals surface area contributed by atoms with Crippen molar-refractivity contribution in [2.45, 2.75) is 12.0 Å². The van der Waals surface area contributed by atoms with Crippen molar-refractivity contribution in [1.82, 2.24) is 0 Å². The van der Waals surface area contributed by atoms with Crippen LogP contribution in [0.25, 0.3) is 0 Å². The quantitative estimate of drug-likeness (QED) is 0.629. The Morgan fingerprint density at radius 1 is 1.20 bits per heavy atom. The number of carboxylic acid groups (broad SMARTS) is 1. The molecule has 1 aromatic carbocycles. The Labute approximate surface area is 86.7 Å². The zero-order valence-electron chi connectivity index (χ0n) is 7.96. The van der Waals surface area contributed by atoms with Gasteiger partial charge in [0.2, 0.25) is 5.91 Å². The average molecular weight is 208 g/mol. The number of hydrogen-bond donors (Lipinski definition) is 3. The Kier molecular flexibility index (Phi) is 3.41. The van der Waals surface area contributed by atoms with Gasteiger partial charge in [0.1, 0.15) is 6.04 Å². The van der Waals surface area contributed by atoms with E-state index in [-0.39, 0.29) is 0 Å². The summed E-state index contributed by atoms with van der Waals surface area (Å²) in [6.07, 6.45) is 0. The van der Waals surface area contributed by atoms with Crippen LogP contribution >= 0.6 is 0 Å². The molecule has 0 aliphatic rings. The highest BCUT2D eigenvalue weighted by atomic mass is 16.4. The number of nitrogens with two attached hydrogens (primary N) is 2. The lowest BCUT2D eigenvalue weighted by Crippen LogP contribution is -2.42. The lowest BCUT2D eigenvalue weighted by Gasteiger charge is -2.17. The molecule has 0 bridgehead atoms. The summed E-state index contributed by atoms with van der Waals surface area (Å²) in [5.74, 6) is -2.98. The van der Waals surface area contributed by atoms with Gasteiger partial charge in [-0.05, 0) is 5.56 Å². The predicted octanol–water partition coefficient (Wildman–Crippen LogP) is -0.333. The van der Waals surface area contributed by atoms with Crippen LogP contribution in [-0.2, 0) is 9.59 Å². The fraction of sp³-hybridized carbons (Fsp3) is 0.200. The molecule has 0 aliphatic heterocycles. The summed E-state index contributed by atoms with van der Waals surface area (Å²) in [6.45, 7) is 0. The molecule has 1 unspecified atom stereocenters. The van der Waals surface area contributed by atoms with Gasteiger partial charge in [0.25, 0.3) is 0 Å². The molecule has 5 nitrogen and oxygen atoms in total. The van der Waals surface area contributed by atoms with E-state index in [0.717, 1.165) is 0 Å². The number of carbonyl (C=O) groups is 2. The molecule has 5 N–H and O–H groups in total. The number of rotatable bonds is 4. The van der Waals surface area contributed by atoms with Crippen LogP contribution in [0.3, 0.4) is 0 Å². The molecule has 0 heterocycles. The van der Waals surface area contributed by atoms with Gasteiger partial charge in [0, 0.05) is 0 Å². The number of amides is 1. The van der Waals surface area contributed by atoms with E-state index in [1.165, 1.54) is 0 Å². The minimum Gasteiger partial charge on any atom is -0.480 e. The molecule has 1 rings (SSSR count). The minimum atomic E-state index is -1.31. The maximum atomic E-state index is 11.1. The first-order chi connectivity index (χ1) is 7.04. The zero-order chi connectivity index (χ0) is 11.4. The Balaban J connectivity index is 3.04. The average Bonchev–Trinajstić information content (AvgIpc) is 2.18. The highest BCUT2D eigenvalue weighted by molar-refractivity contribution is 5.89. The van der Waals surface area contributed by atoms with Crippen molar-refractivity contribution in [3.05, 3.63) is 35.9 Å². The van der Waals surface area contributed by atoms with Crippen LogP contribution in [0.1, 0.15) is 11.5 Å². The third kappa shape index (κ3) is 2.54. The van der Waals surface area contributed by atoms with Gasteiger partial charge in [-0.1, -0.05) is 30.3 Å². The minimum absolute atomic E-state index is 0.514. The largest absolute Gasteiger partial charge is 0.480 e. The van der Waals surface area contributed by atoms with E-state index in [2.05, 4.69) is 0 Å². The van der Waals surface area contributed by atoms with Gasteiger partial charge >= 0.3 is 5.97 Å². The number of carboxylic acids is 1. The molecule has 0 aliphatic carbocycles. The fourth-order valence-electron chi connectivity index (χ4n) is 1.35. The third-order valence-electron chi connectivity index (χ3n) is 2.11. The van der Waals surface area contributed by atoms with Crippen molar-refractivity contribution in [3.63, 3.8) is 0 Å². The summed E-state index contributed by atoms with van der Waals surface area (Å²) >= 11 is 0. The van der Waals surface area contributed by atoms with Crippen LogP contribution in [-0.4, -0.2) is 23.0 Å². The SMILES string of the molecule is NC(=O)C(c1ccccc1)[C@H](N)C(=O)O. The summed E-state index contributed by atoms with van der Waals surface area (Å²) < 4.78 is 0. The van der Waals surface area contributed by atoms with Crippen LogP contribution in [0, 0.1) is 0 Å².